The summed E-state index contributed by atoms with van der Waals surface area (Å²) >= 11 is 0. The third-order valence-electron chi connectivity index (χ3n) is 6.26. The number of sulfonamides is 1. The molecule has 174 valence electrons. The minimum atomic E-state index is -3.68. The lowest BCUT2D eigenvalue weighted by molar-refractivity contribution is 0.0938. The fourth-order valence-electron chi connectivity index (χ4n) is 4.52. The van der Waals surface area contributed by atoms with Crippen LogP contribution in [0.1, 0.15) is 40.4 Å². The molecule has 0 bridgehead atoms. The lowest BCUT2D eigenvalue weighted by Gasteiger charge is -2.28. The molecule has 7 nitrogen and oxygen atoms in total. The van der Waals surface area contributed by atoms with Crippen molar-refractivity contribution in [1.29, 1.82) is 0 Å². The van der Waals surface area contributed by atoms with E-state index in [0.717, 1.165) is 13.1 Å². The van der Waals surface area contributed by atoms with Gasteiger partial charge in [-0.1, -0.05) is 42.5 Å². The Morgan fingerprint density at radius 1 is 0.912 bits per heavy atom. The topological polar surface area (TPSA) is 90.9 Å². The molecule has 0 aromatic heterocycles. The van der Waals surface area contributed by atoms with Crippen LogP contribution in [0.5, 0.6) is 0 Å². The molecule has 0 saturated carbocycles. The summed E-state index contributed by atoms with van der Waals surface area (Å²) in [5, 5.41) is 6.15. The highest BCUT2D eigenvalue weighted by molar-refractivity contribution is 7.90. The predicted molar refractivity (Wildman–Crippen MR) is 133 cm³/mol. The van der Waals surface area contributed by atoms with Crippen LogP contribution in [0.15, 0.2) is 88.2 Å². The smallest absolute Gasteiger partial charge is 0.285 e. The van der Waals surface area contributed by atoms with Crippen LogP contribution in [0.2, 0.25) is 0 Å². The van der Waals surface area contributed by atoms with Crippen molar-refractivity contribution in [2.45, 2.75) is 23.8 Å². The quantitative estimate of drug-likeness (QED) is 0.567. The summed E-state index contributed by atoms with van der Waals surface area (Å²) in [6.45, 7) is 2.62. The van der Waals surface area contributed by atoms with E-state index in [4.69, 9.17) is 0 Å². The molecular weight excluding hydrogens is 448 g/mol. The van der Waals surface area contributed by atoms with Gasteiger partial charge in [-0.15, -0.1) is 4.40 Å². The molecule has 3 aromatic rings. The zero-order valence-electron chi connectivity index (χ0n) is 18.6. The molecule has 3 aromatic carbocycles. The molecule has 0 aliphatic carbocycles. The number of hydrogen-bond donors (Lipinski definition) is 2. The van der Waals surface area contributed by atoms with E-state index < -0.39 is 10.0 Å². The molecule has 8 heteroatoms. The second kappa shape index (κ2) is 9.40. The first-order valence-corrected chi connectivity index (χ1v) is 12.8. The van der Waals surface area contributed by atoms with E-state index in [0.29, 0.717) is 23.4 Å². The van der Waals surface area contributed by atoms with Crippen molar-refractivity contribution in [3.8, 4) is 0 Å². The van der Waals surface area contributed by atoms with Gasteiger partial charge in [-0.25, -0.2) is 0 Å². The minimum Gasteiger partial charge on any atom is -0.350 e. The van der Waals surface area contributed by atoms with Crippen LogP contribution in [-0.4, -0.2) is 44.7 Å². The summed E-state index contributed by atoms with van der Waals surface area (Å²) in [5.74, 6) is 0.141. The number of carbonyl (C=O) groups is 1. The predicted octanol–water partition coefficient (Wildman–Crippen LogP) is 3.81. The SMILES string of the molecule is O=C(NCC(c1ccccc1)N1CCCC1)c1ccc(NC2=NS(=O)(=O)c3ccccc32)cc1. The van der Waals surface area contributed by atoms with Crippen molar-refractivity contribution in [3.63, 3.8) is 0 Å². The van der Waals surface area contributed by atoms with Gasteiger partial charge in [-0.05, 0) is 67.9 Å². The lowest BCUT2D eigenvalue weighted by atomic mass is 10.1. The van der Waals surface area contributed by atoms with E-state index in [1.807, 2.05) is 18.2 Å². The molecule has 1 atom stereocenters. The molecule has 2 N–H and O–H groups in total. The highest BCUT2D eigenvalue weighted by Crippen LogP contribution is 2.27. The Balaban J connectivity index is 1.25. The third kappa shape index (κ3) is 4.60. The zero-order chi connectivity index (χ0) is 23.5. The van der Waals surface area contributed by atoms with Gasteiger partial charge in [0, 0.05) is 23.4 Å². The number of hydrogen-bond acceptors (Lipinski definition) is 5. The van der Waals surface area contributed by atoms with E-state index >= 15 is 0 Å². The monoisotopic (exact) mass is 474 g/mol. The van der Waals surface area contributed by atoms with Crippen LogP contribution in [0.25, 0.3) is 0 Å². The summed E-state index contributed by atoms with van der Waals surface area (Å²) in [6, 6.07) is 24.1. The Hall–Kier alpha value is -3.49. The summed E-state index contributed by atoms with van der Waals surface area (Å²) in [7, 11) is -3.68. The molecule has 5 rings (SSSR count). The number of nitrogens with zero attached hydrogens (tertiary/aromatic N) is 2. The lowest BCUT2D eigenvalue weighted by Crippen LogP contribution is -2.36. The van der Waals surface area contributed by atoms with Crippen LogP contribution in [0.3, 0.4) is 0 Å². The van der Waals surface area contributed by atoms with E-state index in [2.05, 4.69) is 32.1 Å². The molecule has 0 radical (unpaired) electrons. The average Bonchev–Trinajstić information content (AvgIpc) is 3.47. The number of rotatable bonds is 6. The zero-order valence-corrected chi connectivity index (χ0v) is 19.5. The number of carbonyl (C=O) groups excluding carboxylic acids is 1. The van der Waals surface area contributed by atoms with Gasteiger partial charge >= 0.3 is 0 Å². The molecule has 34 heavy (non-hydrogen) atoms. The number of nitrogens with one attached hydrogen (secondary N) is 2. The Morgan fingerprint density at radius 2 is 1.59 bits per heavy atom. The number of amidine groups is 1. The molecule has 1 unspecified atom stereocenters. The van der Waals surface area contributed by atoms with Gasteiger partial charge in [0.2, 0.25) is 0 Å². The van der Waals surface area contributed by atoms with Crippen LogP contribution in [0.4, 0.5) is 5.69 Å². The number of fused-ring (bicyclic) bond motifs is 1. The number of likely N-dealkylation sites (tertiary alicyclic amines) is 1. The normalized spacial score (nSPS) is 17.6. The Bertz CT molecular complexity index is 1320. The van der Waals surface area contributed by atoms with Crippen LogP contribution in [0, 0.1) is 0 Å². The Morgan fingerprint density at radius 3 is 2.32 bits per heavy atom. The van der Waals surface area contributed by atoms with E-state index in [9.17, 15) is 13.2 Å². The maximum Gasteiger partial charge on any atom is 0.285 e. The number of anilines is 1. The van der Waals surface area contributed by atoms with E-state index in [1.54, 1.807) is 48.5 Å². The van der Waals surface area contributed by atoms with Gasteiger partial charge in [0.25, 0.3) is 15.9 Å². The van der Waals surface area contributed by atoms with Crippen molar-refractivity contribution in [1.82, 2.24) is 10.2 Å². The standard InChI is InChI=1S/C26H26N4O3S/c31-26(27-18-23(30-16-6-7-17-30)19-8-2-1-3-9-19)20-12-14-21(15-13-20)28-25-22-10-4-5-11-24(22)34(32,33)29-25/h1-5,8-15,23H,6-7,16-18H2,(H,27,31)(H,28,29). The van der Waals surface area contributed by atoms with Crippen molar-refractivity contribution < 1.29 is 13.2 Å². The van der Waals surface area contributed by atoms with E-state index in [1.165, 1.54) is 18.4 Å². The van der Waals surface area contributed by atoms with Crippen molar-refractivity contribution in [3.05, 3.63) is 95.6 Å². The molecule has 2 aliphatic heterocycles. The van der Waals surface area contributed by atoms with Crippen LogP contribution < -0.4 is 10.6 Å². The maximum atomic E-state index is 12.8. The first kappa shape index (κ1) is 22.3. The van der Waals surface area contributed by atoms with Gasteiger partial charge in [0.05, 0.1) is 6.04 Å². The largest absolute Gasteiger partial charge is 0.350 e. The summed E-state index contributed by atoms with van der Waals surface area (Å²) in [4.78, 5) is 15.5. The fraction of sp³-hybridized carbons (Fsp3) is 0.231. The first-order chi connectivity index (χ1) is 16.5. The molecular formula is C26H26N4O3S. The molecule has 1 amide bonds. The van der Waals surface area contributed by atoms with Crippen molar-refractivity contribution in [2.24, 2.45) is 4.40 Å². The summed E-state index contributed by atoms with van der Waals surface area (Å²) in [6.07, 6.45) is 2.37. The third-order valence-corrected chi connectivity index (χ3v) is 7.60. The highest BCUT2D eigenvalue weighted by Gasteiger charge is 2.28. The fourth-order valence-corrected chi connectivity index (χ4v) is 5.69. The highest BCUT2D eigenvalue weighted by atomic mass is 32.2. The molecule has 2 heterocycles. The molecule has 2 aliphatic rings. The molecule has 1 fully saturated rings. The van der Waals surface area contributed by atoms with Gasteiger partial charge in [-0.2, -0.15) is 8.42 Å². The van der Waals surface area contributed by atoms with Gasteiger partial charge < -0.3 is 10.6 Å². The second-order valence-electron chi connectivity index (χ2n) is 8.49. The Kier molecular flexibility index (Phi) is 6.17. The van der Waals surface area contributed by atoms with Crippen molar-refractivity contribution >= 4 is 27.5 Å². The Labute approximate surface area is 199 Å². The first-order valence-electron chi connectivity index (χ1n) is 11.4. The van der Waals surface area contributed by atoms with E-state index in [-0.39, 0.29) is 22.7 Å². The number of benzene rings is 3. The van der Waals surface area contributed by atoms with Gasteiger partial charge in [-0.3, -0.25) is 9.69 Å². The number of amides is 1. The molecule has 1 saturated heterocycles. The molecule has 0 spiro atoms. The second-order valence-corrected chi connectivity index (χ2v) is 10.1. The summed E-state index contributed by atoms with van der Waals surface area (Å²) < 4.78 is 28.3. The van der Waals surface area contributed by atoms with Crippen LogP contribution in [-0.2, 0) is 10.0 Å². The maximum absolute atomic E-state index is 12.8. The average molecular weight is 475 g/mol. The van der Waals surface area contributed by atoms with Gasteiger partial charge in [0.15, 0.2) is 5.84 Å². The van der Waals surface area contributed by atoms with Crippen LogP contribution >= 0.6 is 0 Å². The van der Waals surface area contributed by atoms with Crippen molar-refractivity contribution in [2.75, 3.05) is 25.0 Å². The summed E-state index contributed by atoms with van der Waals surface area (Å²) in [5.41, 5.74) is 2.94. The minimum absolute atomic E-state index is 0.141. The van der Waals surface area contributed by atoms with Gasteiger partial charge in [0.1, 0.15) is 4.90 Å².